The fourth-order valence-electron chi connectivity index (χ4n) is 1.27. The molecule has 0 bridgehead atoms. The van der Waals surface area contributed by atoms with Crippen LogP contribution in [0.4, 0.5) is 4.39 Å². The molecule has 0 saturated heterocycles. The normalized spacial score (nSPS) is 10.7. The van der Waals surface area contributed by atoms with Crippen molar-refractivity contribution in [2.75, 3.05) is 0 Å². The topological polar surface area (TPSA) is 17.8 Å². The van der Waals surface area contributed by atoms with Gasteiger partial charge in [0.15, 0.2) is 0 Å². The van der Waals surface area contributed by atoms with Crippen LogP contribution >= 0.6 is 31.9 Å². The lowest BCUT2D eigenvalue weighted by atomic mass is 10.1. The number of benzene rings is 1. The minimum Gasteiger partial charge on any atom is -0.328 e. The van der Waals surface area contributed by atoms with Crippen molar-refractivity contribution in [3.05, 3.63) is 39.4 Å². The van der Waals surface area contributed by atoms with E-state index in [4.69, 9.17) is 0 Å². The molecule has 0 unspecified atom stereocenters. The Balaban J connectivity index is 2.63. The Bertz CT molecular complexity index is 508. The second-order valence-electron chi connectivity index (χ2n) is 3.12. The lowest BCUT2D eigenvalue weighted by Gasteiger charge is -2.01. The van der Waals surface area contributed by atoms with Crippen molar-refractivity contribution in [2.45, 2.75) is 0 Å². The highest BCUT2D eigenvalue weighted by Gasteiger charge is 2.12. The number of hydrogen-bond donors (Lipinski definition) is 0. The van der Waals surface area contributed by atoms with Crippen LogP contribution in [0, 0.1) is 5.82 Å². The molecule has 0 atom stereocenters. The lowest BCUT2D eigenvalue weighted by molar-refractivity contribution is 0.630. The second-order valence-corrected chi connectivity index (χ2v) is 4.79. The summed E-state index contributed by atoms with van der Waals surface area (Å²) in [7, 11) is 1.84. The summed E-state index contributed by atoms with van der Waals surface area (Å²) in [6.07, 6.45) is 1.64. The second kappa shape index (κ2) is 4.06. The number of aromatic nitrogens is 2. The minimum atomic E-state index is -0.280. The highest BCUT2D eigenvalue weighted by atomic mass is 79.9. The number of halogens is 3. The Morgan fingerprint density at radius 3 is 2.67 bits per heavy atom. The first kappa shape index (κ1) is 10.8. The summed E-state index contributed by atoms with van der Waals surface area (Å²) < 4.78 is 16.9. The molecule has 1 aromatic heterocycles. The molecule has 0 fully saturated rings. The van der Waals surface area contributed by atoms with Crippen molar-refractivity contribution in [1.29, 1.82) is 0 Å². The summed E-state index contributed by atoms with van der Waals surface area (Å²) in [6.45, 7) is 0. The van der Waals surface area contributed by atoms with Crippen LogP contribution in [0.15, 0.2) is 33.6 Å². The van der Waals surface area contributed by atoms with Crippen LogP contribution in [0.3, 0.4) is 0 Å². The first-order valence-corrected chi connectivity index (χ1v) is 5.80. The Labute approximate surface area is 103 Å². The summed E-state index contributed by atoms with van der Waals surface area (Å²) >= 11 is 6.67. The first-order chi connectivity index (χ1) is 7.09. The van der Waals surface area contributed by atoms with Gasteiger partial charge in [0.05, 0.1) is 6.33 Å². The maximum Gasteiger partial charge on any atom is 0.132 e. The molecule has 2 nitrogen and oxygen atoms in total. The van der Waals surface area contributed by atoms with Gasteiger partial charge in [0.1, 0.15) is 16.1 Å². The van der Waals surface area contributed by atoms with Crippen molar-refractivity contribution in [2.24, 2.45) is 7.05 Å². The van der Waals surface area contributed by atoms with Gasteiger partial charge in [-0.15, -0.1) is 0 Å². The average Bonchev–Trinajstić information content (AvgIpc) is 2.52. The quantitative estimate of drug-likeness (QED) is 0.777. The van der Waals surface area contributed by atoms with Crippen molar-refractivity contribution in [1.82, 2.24) is 9.55 Å². The van der Waals surface area contributed by atoms with Gasteiger partial charge >= 0.3 is 0 Å². The standard InChI is InChI=1S/C10H7Br2FN2/c1-15-5-14-9(10(15)12)7-4-6(11)2-3-8(7)13/h2-5H,1H3. The van der Waals surface area contributed by atoms with Gasteiger partial charge in [-0.3, -0.25) is 0 Å². The van der Waals surface area contributed by atoms with E-state index in [0.29, 0.717) is 11.3 Å². The molecule has 78 valence electrons. The summed E-state index contributed by atoms with van der Waals surface area (Å²) in [4.78, 5) is 4.14. The largest absolute Gasteiger partial charge is 0.328 e. The molecular weight excluding hydrogens is 327 g/mol. The van der Waals surface area contributed by atoms with Crippen molar-refractivity contribution >= 4 is 31.9 Å². The van der Waals surface area contributed by atoms with Gasteiger partial charge in [-0.25, -0.2) is 9.37 Å². The van der Waals surface area contributed by atoms with E-state index in [0.717, 1.165) is 9.08 Å². The van der Waals surface area contributed by atoms with Gasteiger partial charge in [0.25, 0.3) is 0 Å². The molecule has 5 heteroatoms. The predicted molar refractivity (Wildman–Crippen MR) is 64.0 cm³/mol. The molecular formula is C10H7Br2FN2. The molecule has 0 radical (unpaired) electrons. The number of imidazole rings is 1. The van der Waals surface area contributed by atoms with Crippen LogP contribution in [0.5, 0.6) is 0 Å². The Hall–Kier alpha value is -0.680. The molecule has 0 spiro atoms. The number of aryl methyl sites for hydroxylation is 1. The summed E-state index contributed by atoms with van der Waals surface area (Å²) in [5.41, 5.74) is 1.09. The van der Waals surface area contributed by atoms with Crippen LogP contribution in [0.1, 0.15) is 0 Å². The molecule has 1 heterocycles. The van der Waals surface area contributed by atoms with Crippen LogP contribution < -0.4 is 0 Å². The van der Waals surface area contributed by atoms with Crippen LogP contribution in [0.2, 0.25) is 0 Å². The Kier molecular flexibility index (Phi) is 2.93. The Morgan fingerprint density at radius 1 is 1.33 bits per heavy atom. The van der Waals surface area contributed by atoms with E-state index in [1.165, 1.54) is 6.07 Å². The predicted octanol–water partition coefficient (Wildman–Crippen LogP) is 3.75. The molecule has 0 saturated carbocycles. The monoisotopic (exact) mass is 332 g/mol. The molecule has 1 aromatic carbocycles. The van der Waals surface area contributed by atoms with Crippen LogP contribution in [-0.2, 0) is 7.05 Å². The molecule has 2 rings (SSSR count). The SMILES string of the molecule is Cn1cnc(-c2cc(Br)ccc2F)c1Br. The van der Waals surface area contributed by atoms with Crippen LogP contribution in [-0.4, -0.2) is 9.55 Å². The third-order valence-corrected chi connectivity index (χ3v) is 3.48. The van der Waals surface area contributed by atoms with E-state index in [-0.39, 0.29) is 5.82 Å². The van der Waals surface area contributed by atoms with Gasteiger partial charge in [-0.1, -0.05) is 15.9 Å². The van der Waals surface area contributed by atoms with E-state index in [9.17, 15) is 4.39 Å². The molecule has 0 aliphatic rings. The zero-order valence-electron chi connectivity index (χ0n) is 7.84. The molecule has 0 amide bonds. The van der Waals surface area contributed by atoms with Gasteiger partial charge in [0, 0.05) is 17.1 Å². The zero-order chi connectivity index (χ0) is 11.0. The van der Waals surface area contributed by atoms with E-state index >= 15 is 0 Å². The molecule has 0 aliphatic heterocycles. The van der Waals surface area contributed by atoms with Crippen molar-refractivity contribution < 1.29 is 4.39 Å². The maximum absolute atomic E-state index is 13.6. The van der Waals surface area contributed by atoms with Gasteiger partial charge in [-0.2, -0.15) is 0 Å². The first-order valence-electron chi connectivity index (χ1n) is 4.22. The van der Waals surface area contributed by atoms with Crippen LogP contribution in [0.25, 0.3) is 11.3 Å². The summed E-state index contributed by atoms with van der Waals surface area (Å²) in [5, 5.41) is 0. The van der Waals surface area contributed by atoms with Gasteiger partial charge in [0.2, 0.25) is 0 Å². The fourth-order valence-corrected chi connectivity index (χ4v) is 2.04. The lowest BCUT2D eigenvalue weighted by Crippen LogP contribution is -1.87. The number of hydrogen-bond acceptors (Lipinski definition) is 1. The molecule has 2 aromatic rings. The van der Waals surface area contributed by atoms with Gasteiger partial charge in [-0.05, 0) is 34.1 Å². The third-order valence-electron chi connectivity index (χ3n) is 2.05. The minimum absolute atomic E-state index is 0.280. The highest BCUT2D eigenvalue weighted by Crippen LogP contribution is 2.30. The third kappa shape index (κ3) is 1.99. The van der Waals surface area contributed by atoms with E-state index in [1.54, 1.807) is 23.0 Å². The summed E-state index contributed by atoms with van der Waals surface area (Å²) in [6, 6.07) is 4.79. The molecule has 0 aliphatic carbocycles. The summed E-state index contributed by atoms with van der Waals surface area (Å²) in [5.74, 6) is -0.280. The fraction of sp³-hybridized carbons (Fsp3) is 0.100. The molecule has 15 heavy (non-hydrogen) atoms. The number of nitrogens with zero attached hydrogens (tertiary/aromatic N) is 2. The highest BCUT2D eigenvalue weighted by molar-refractivity contribution is 9.10. The zero-order valence-corrected chi connectivity index (χ0v) is 11.0. The molecule has 0 N–H and O–H groups in total. The maximum atomic E-state index is 13.6. The van der Waals surface area contributed by atoms with Crippen molar-refractivity contribution in [3.8, 4) is 11.3 Å². The van der Waals surface area contributed by atoms with E-state index in [2.05, 4.69) is 36.8 Å². The number of rotatable bonds is 1. The van der Waals surface area contributed by atoms with Crippen molar-refractivity contribution in [3.63, 3.8) is 0 Å². The van der Waals surface area contributed by atoms with E-state index < -0.39 is 0 Å². The smallest absolute Gasteiger partial charge is 0.132 e. The average molecular weight is 334 g/mol. The van der Waals surface area contributed by atoms with Gasteiger partial charge < -0.3 is 4.57 Å². The van der Waals surface area contributed by atoms with E-state index in [1.807, 2.05) is 7.05 Å². The Morgan fingerprint density at radius 2 is 2.07 bits per heavy atom.